The number of aliphatic hydroxyl groups is 1. The number of rotatable bonds is 5. The predicted octanol–water partition coefficient (Wildman–Crippen LogP) is 2.55. The molecule has 0 heterocycles. The molecule has 0 aromatic heterocycles. The lowest BCUT2D eigenvalue weighted by atomic mass is 10.1. The van der Waals surface area contributed by atoms with Gasteiger partial charge in [-0.25, -0.2) is 0 Å². The zero-order valence-corrected chi connectivity index (χ0v) is 11.2. The van der Waals surface area contributed by atoms with Crippen molar-refractivity contribution in [2.45, 2.75) is 10.9 Å². The summed E-state index contributed by atoms with van der Waals surface area (Å²) in [6.45, 7) is 0. The van der Waals surface area contributed by atoms with E-state index in [1.165, 1.54) is 21.3 Å². The van der Waals surface area contributed by atoms with Crippen LogP contribution in [-0.2, 0) is 0 Å². The fraction of sp³-hybridized carbons (Fsp3) is 0.455. The second-order valence-corrected chi connectivity index (χ2v) is 4.40. The molecule has 0 radical (unpaired) electrons. The molecular formula is C11H14Cl2O4. The average molecular weight is 281 g/mol. The molecule has 0 amide bonds. The first-order chi connectivity index (χ1) is 8.04. The minimum Gasteiger partial charge on any atom is -0.493 e. The minimum absolute atomic E-state index is 0.440. The van der Waals surface area contributed by atoms with Gasteiger partial charge in [0.25, 0.3) is 0 Å². The summed E-state index contributed by atoms with van der Waals surface area (Å²) in [5.41, 5.74) is 0.495. The highest BCUT2D eigenvalue weighted by molar-refractivity contribution is 6.44. The summed E-state index contributed by atoms with van der Waals surface area (Å²) in [5, 5.41) is 9.79. The summed E-state index contributed by atoms with van der Waals surface area (Å²) >= 11 is 11.3. The molecule has 0 aliphatic carbocycles. The van der Waals surface area contributed by atoms with Gasteiger partial charge in [-0.3, -0.25) is 0 Å². The van der Waals surface area contributed by atoms with Crippen LogP contribution in [0.1, 0.15) is 11.7 Å². The average Bonchev–Trinajstić information content (AvgIpc) is 2.35. The van der Waals surface area contributed by atoms with Crippen molar-refractivity contribution in [3.05, 3.63) is 17.7 Å². The number of halogens is 2. The van der Waals surface area contributed by atoms with Crippen molar-refractivity contribution in [3.8, 4) is 17.2 Å². The molecule has 1 N–H and O–H groups in total. The summed E-state index contributed by atoms with van der Waals surface area (Å²) in [4.78, 5) is -0.933. The maximum absolute atomic E-state index is 9.79. The molecule has 4 nitrogen and oxygen atoms in total. The molecular weight excluding hydrogens is 267 g/mol. The van der Waals surface area contributed by atoms with Crippen molar-refractivity contribution < 1.29 is 19.3 Å². The van der Waals surface area contributed by atoms with Crippen LogP contribution in [-0.4, -0.2) is 31.3 Å². The molecule has 17 heavy (non-hydrogen) atoms. The maximum Gasteiger partial charge on any atom is 0.203 e. The molecule has 0 aliphatic heterocycles. The molecule has 1 atom stereocenters. The van der Waals surface area contributed by atoms with E-state index in [-0.39, 0.29) is 0 Å². The largest absolute Gasteiger partial charge is 0.493 e. The zero-order chi connectivity index (χ0) is 13.0. The van der Waals surface area contributed by atoms with Gasteiger partial charge >= 0.3 is 0 Å². The van der Waals surface area contributed by atoms with Gasteiger partial charge in [0.15, 0.2) is 11.5 Å². The first-order valence-corrected chi connectivity index (χ1v) is 5.68. The van der Waals surface area contributed by atoms with Crippen molar-refractivity contribution in [3.63, 3.8) is 0 Å². The van der Waals surface area contributed by atoms with E-state index in [4.69, 9.17) is 37.4 Å². The van der Waals surface area contributed by atoms with Crippen LogP contribution in [0, 0.1) is 0 Å². The number of benzene rings is 1. The summed E-state index contributed by atoms with van der Waals surface area (Å²) in [7, 11) is 4.49. The van der Waals surface area contributed by atoms with Crippen LogP contribution < -0.4 is 14.2 Å². The van der Waals surface area contributed by atoms with Gasteiger partial charge in [0.05, 0.1) is 21.3 Å². The highest BCUT2D eigenvalue weighted by Crippen LogP contribution is 2.40. The Morgan fingerprint density at radius 1 is 1.00 bits per heavy atom. The SMILES string of the molecule is COc1cc(C(O)C(Cl)Cl)cc(OC)c1OC. The van der Waals surface area contributed by atoms with Gasteiger partial charge < -0.3 is 19.3 Å². The Bertz CT molecular complexity index is 357. The summed E-state index contributed by atoms with van der Waals surface area (Å²) in [5.74, 6) is 1.33. The van der Waals surface area contributed by atoms with Crippen LogP contribution in [0.5, 0.6) is 17.2 Å². The first-order valence-electron chi connectivity index (χ1n) is 4.81. The monoisotopic (exact) mass is 280 g/mol. The van der Waals surface area contributed by atoms with Gasteiger partial charge in [0.2, 0.25) is 5.75 Å². The van der Waals surface area contributed by atoms with E-state index < -0.39 is 10.9 Å². The molecule has 1 rings (SSSR count). The molecule has 6 heteroatoms. The number of alkyl halides is 2. The van der Waals surface area contributed by atoms with Gasteiger partial charge in [-0.15, -0.1) is 23.2 Å². The Balaban J connectivity index is 3.27. The Morgan fingerprint density at radius 3 is 1.76 bits per heavy atom. The quantitative estimate of drug-likeness (QED) is 0.843. The van der Waals surface area contributed by atoms with Crippen LogP contribution >= 0.6 is 23.2 Å². The fourth-order valence-corrected chi connectivity index (χ4v) is 1.71. The molecule has 0 fully saturated rings. The third kappa shape index (κ3) is 3.09. The third-order valence-corrected chi connectivity index (χ3v) is 2.74. The third-order valence-electron chi connectivity index (χ3n) is 2.27. The Kier molecular flexibility index (Phi) is 5.18. The maximum atomic E-state index is 9.79. The van der Waals surface area contributed by atoms with Gasteiger partial charge in [-0.2, -0.15) is 0 Å². The highest BCUT2D eigenvalue weighted by atomic mass is 35.5. The lowest BCUT2D eigenvalue weighted by Crippen LogP contribution is -2.07. The predicted molar refractivity (Wildman–Crippen MR) is 66.6 cm³/mol. The number of hydrogen-bond acceptors (Lipinski definition) is 4. The lowest BCUT2D eigenvalue weighted by molar-refractivity contribution is 0.191. The van der Waals surface area contributed by atoms with Crippen LogP contribution in [0.2, 0.25) is 0 Å². The Labute approximate surface area is 110 Å². The normalized spacial score (nSPS) is 12.4. The highest BCUT2D eigenvalue weighted by Gasteiger charge is 2.21. The number of hydrogen-bond donors (Lipinski definition) is 1. The van der Waals surface area contributed by atoms with E-state index in [1.807, 2.05) is 0 Å². The number of aliphatic hydroxyl groups excluding tert-OH is 1. The molecule has 1 unspecified atom stereocenters. The molecule has 0 saturated carbocycles. The second kappa shape index (κ2) is 6.19. The van der Waals surface area contributed by atoms with Gasteiger partial charge in [0.1, 0.15) is 10.9 Å². The first kappa shape index (κ1) is 14.2. The van der Waals surface area contributed by atoms with Crippen molar-refractivity contribution >= 4 is 23.2 Å². The van der Waals surface area contributed by atoms with Gasteiger partial charge in [-0.05, 0) is 17.7 Å². The van der Waals surface area contributed by atoms with Gasteiger partial charge in [0, 0.05) is 0 Å². The summed E-state index contributed by atoms with van der Waals surface area (Å²) in [6, 6.07) is 3.20. The standard InChI is InChI=1S/C11H14Cl2O4/c1-15-7-4-6(9(14)11(12)13)5-8(16-2)10(7)17-3/h4-5,9,11,14H,1-3H3. The molecule has 1 aromatic rings. The lowest BCUT2D eigenvalue weighted by Gasteiger charge is -2.17. The summed E-state index contributed by atoms with van der Waals surface area (Å²) in [6.07, 6.45) is -1.02. The number of methoxy groups -OCH3 is 3. The van der Waals surface area contributed by atoms with Crippen molar-refractivity contribution in [1.82, 2.24) is 0 Å². The molecule has 0 spiro atoms. The van der Waals surface area contributed by atoms with Crippen molar-refractivity contribution in [2.24, 2.45) is 0 Å². The molecule has 0 saturated heterocycles. The van der Waals surface area contributed by atoms with Crippen molar-refractivity contribution in [2.75, 3.05) is 21.3 Å². The van der Waals surface area contributed by atoms with Crippen LogP contribution in [0.25, 0.3) is 0 Å². The molecule has 0 aliphatic rings. The second-order valence-electron chi connectivity index (χ2n) is 3.24. The Hall–Kier alpha value is -0.840. The topological polar surface area (TPSA) is 47.9 Å². The van der Waals surface area contributed by atoms with E-state index >= 15 is 0 Å². The van der Waals surface area contributed by atoms with Crippen molar-refractivity contribution in [1.29, 1.82) is 0 Å². The van der Waals surface area contributed by atoms with E-state index in [0.29, 0.717) is 22.8 Å². The Morgan fingerprint density at radius 2 is 1.47 bits per heavy atom. The van der Waals surface area contributed by atoms with Crippen LogP contribution in [0.3, 0.4) is 0 Å². The van der Waals surface area contributed by atoms with Crippen LogP contribution in [0.15, 0.2) is 12.1 Å². The smallest absolute Gasteiger partial charge is 0.203 e. The number of ether oxygens (including phenoxy) is 3. The minimum atomic E-state index is -1.02. The fourth-order valence-electron chi connectivity index (χ4n) is 1.42. The van der Waals surface area contributed by atoms with E-state index in [0.717, 1.165) is 0 Å². The molecule has 0 bridgehead atoms. The van der Waals surface area contributed by atoms with Crippen LogP contribution in [0.4, 0.5) is 0 Å². The summed E-state index contributed by atoms with van der Waals surface area (Å²) < 4.78 is 15.4. The zero-order valence-electron chi connectivity index (χ0n) is 9.74. The van der Waals surface area contributed by atoms with E-state index in [9.17, 15) is 5.11 Å². The van der Waals surface area contributed by atoms with Gasteiger partial charge in [-0.1, -0.05) is 0 Å². The molecule has 96 valence electrons. The van der Waals surface area contributed by atoms with E-state index in [1.54, 1.807) is 12.1 Å². The molecule has 1 aromatic carbocycles. The van der Waals surface area contributed by atoms with E-state index in [2.05, 4.69) is 0 Å².